The molecular formula is C20H21F3N2O6S. The Morgan fingerprint density at radius 3 is 2.31 bits per heavy atom. The van der Waals surface area contributed by atoms with Gasteiger partial charge in [-0.15, -0.1) is 0 Å². The molecule has 0 unspecified atom stereocenters. The highest BCUT2D eigenvalue weighted by Gasteiger charge is 2.29. The van der Waals surface area contributed by atoms with Crippen molar-refractivity contribution in [3.8, 4) is 11.8 Å². The molecule has 0 aliphatic carbocycles. The molecule has 0 saturated carbocycles. The maximum atomic E-state index is 12.3. The molecular weight excluding hydrogens is 453 g/mol. The van der Waals surface area contributed by atoms with Gasteiger partial charge in [-0.3, -0.25) is 9.59 Å². The van der Waals surface area contributed by atoms with Crippen LogP contribution in [0.25, 0.3) is 0 Å². The number of nitrogens with one attached hydrogen (secondary N) is 1. The van der Waals surface area contributed by atoms with Crippen LogP contribution < -0.4 is 10.4 Å². The molecule has 2 N–H and O–H groups in total. The first-order valence-corrected chi connectivity index (χ1v) is 9.87. The van der Waals surface area contributed by atoms with Gasteiger partial charge in [-0.1, -0.05) is 5.92 Å². The van der Waals surface area contributed by atoms with Gasteiger partial charge in [0.1, 0.15) is 5.97 Å². The van der Waals surface area contributed by atoms with Crippen LogP contribution in [0.2, 0.25) is 0 Å². The Balaban J connectivity index is 0.000000633. The average molecular weight is 474 g/mol. The minimum Gasteiger partial charge on any atom is -0.542 e. The Hall–Kier alpha value is -3.30. The summed E-state index contributed by atoms with van der Waals surface area (Å²) in [6.45, 7) is 0.490. The van der Waals surface area contributed by atoms with Gasteiger partial charge in [-0.2, -0.15) is 24.5 Å². The predicted octanol–water partition coefficient (Wildman–Crippen LogP) is 1.32. The molecule has 1 amide bonds. The van der Waals surface area contributed by atoms with E-state index in [4.69, 9.17) is 19.4 Å². The van der Waals surface area contributed by atoms with Crippen LogP contribution in [0.5, 0.6) is 0 Å². The number of aliphatic carboxylic acids is 2. The fourth-order valence-corrected chi connectivity index (χ4v) is 2.87. The largest absolute Gasteiger partial charge is 0.542 e. The van der Waals surface area contributed by atoms with Gasteiger partial charge in [0.05, 0.1) is 40.2 Å². The third-order valence-electron chi connectivity index (χ3n) is 3.44. The monoisotopic (exact) mass is 474 g/mol. The number of quaternary nitrogens is 1. The Kier molecular flexibility index (Phi) is 9.49. The van der Waals surface area contributed by atoms with Crippen LogP contribution in [0.1, 0.15) is 28.3 Å². The maximum absolute atomic E-state index is 12.3. The van der Waals surface area contributed by atoms with Gasteiger partial charge in [-0.05, 0) is 29.5 Å². The Morgan fingerprint density at radius 1 is 1.22 bits per heavy atom. The number of carbonyl (C=O) groups excluding carboxylic acids is 2. The summed E-state index contributed by atoms with van der Waals surface area (Å²) in [4.78, 5) is 32.1. The number of nitrogens with zero attached hydrogens (tertiary/aromatic N) is 1. The quantitative estimate of drug-likeness (QED) is 0.482. The summed E-state index contributed by atoms with van der Waals surface area (Å²) in [7, 11) is 5.81. The lowest BCUT2D eigenvalue weighted by Gasteiger charge is -2.28. The van der Waals surface area contributed by atoms with E-state index in [0.29, 0.717) is 16.8 Å². The van der Waals surface area contributed by atoms with Crippen molar-refractivity contribution >= 4 is 29.2 Å². The van der Waals surface area contributed by atoms with E-state index in [1.165, 1.54) is 6.07 Å². The summed E-state index contributed by atoms with van der Waals surface area (Å²) in [5.41, 5.74) is 0.886. The molecule has 0 bridgehead atoms. The lowest BCUT2D eigenvalue weighted by atomic mass is 10.2. The fraction of sp³-hybridized carbons (Fsp3) is 0.350. The number of amides is 1. The molecule has 0 spiro atoms. The van der Waals surface area contributed by atoms with Crippen LogP contribution in [0.4, 0.5) is 13.2 Å². The van der Waals surface area contributed by atoms with Gasteiger partial charge >= 0.3 is 12.1 Å². The molecule has 1 atom stereocenters. The summed E-state index contributed by atoms with van der Waals surface area (Å²) < 4.78 is 37.5. The highest BCUT2D eigenvalue weighted by atomic mass is 32.1. The second kappa shape index (κ2) is 11.4. The van der Waals surface area contributed by atoms with Crippen LogP contribution in [-0.2, 0) is 9.59 Å². The minimum atomic E-state index is -5.19. The first-order valence-electron chi connectivity index (χ1n) is 8.92. The van der Waals surface area contributed by atoms with Gasteiger partial charge in [0.15, 0.2) is 11.5 Å². The summed E-state index contributed by atoms with van der Waals surface area (Å²) >= 11 is 1.55. The van der Waals surface area contributed by atoms with Crippen LogP contribution in [0, 0.1) is 11.8 Å². The zero-order valence-corrected chi connectivity index (χ0v) is 18.2. The number of hydrogen-bond acceptors (Lipinski definition) is 6. The summed E-state index contributed by atoms with van der Waals surface area (Å²) in [5, 5.41) is 24.4. The first kappa shape index (κ1) is 26.7. The van der Waals surface area contributed by atoms with Crippen molar-refractivity contribution in [3.05, 3.63) is 46.0 Å². The number of carboxylic acid groups (broad SMARTS) is 2. The molecule has 2 aromatic rings. The third-order valence-corrected chi connectivity index (χ3v) is 4.12. The van der Waals surface area contributed by atoms with Crippen molar-refractivity contribution in [2.45, 2.75) is 18.6 Å². The summed E-state index contributed by atoms with van der Waals surface area (Å²) in [6, 6.07) is 4.57. The van der Waals surface area contributed by atoms with E-state index >= 15 is 0 Å². The van der Waals surface area contributed by atoms with Crippen molar-refractivity contribution in [1.82, 2.24) is 5.32 Å². The molecule has 0 aromatic carbocycles. The molecule has 0 radical (unpaired) electrons. The lowest BCUT2D eigenvalue weighted by molar-refractivity contribution is -0.871. The molecule has 12 heteroatoms. The third kappa shape index (κ3) is 10.6. The number of likely N-dealkylation sites (N-methyl/N-ethyl adjacent to an activating group) is 1. The number of hydrogen-bond donors (Lipinski definition) is 2. The van der Waals surface area contributed by atoms with E-state index in [0.717, 1.165) is 5.56 Å². The molecule has 0 aliphatic rings. The van der Waals surface area contributed by atoms with E-state index in [1.54, 1.807) is 17.4 Å². The molecule has 32 heavy (non-hydrogen) atoms. The zero-order valence-electron chi connectivity index (χ0n) is 17.4. The van der Waals surface area contributed by atoms with Crippen LogP contribution in [0.15, 0.2) is 33.4 Å². The molecule has 2 rings (SSSR count). The second-order valence-electron chi connectivity index (χ2n) is 7.45. The Labute approximate surface area is 185 Å². The number of carboxylic acids is 2. The number of rotatable bonds is 6. The van der Waals surface area contributed by atoms with Crippen molar-refractivity contribution in [3.63, 3.8) is 0 Å². The topological polar surface area (TPSA) is 120 Å². The van der Waals surface area contributed by atoms with E-state index in [1.807, 2.05) is 38.0 Å². The lowest BCUT2D eigenvalue weighted by Crippen LogP contribution is -2.49. The zero-order chi connectivity index (χ0) is 24.5. The van der Waals surface area contributed by atoms with Gasteiger partial charge in [0.25, 0.3) is 5.91 Å². The highest BCUT2D eigenvalue weighted by Crippen LogP contribution is 2.12. The molecule has 0 fully saturated rings. The molecule has 8 nitrogen and oxygen atoms in total. The normalized spacial score (nSPS) is 11.9. The fourth-order valence-electron chi connectivity index (χ4n) is 2.29. The molecule has 0 saturated heterocycles. The van der Waals surface area contributed by atoms with E-state index in [9.17, 15) is 22.8 Å². The Morgan fingerprint density at radius 2 is 1.84 bits per heavy atom. The average Bonchev–Trinajstić information content (AvgIpc) is 3.29. The smallest absolute Gasteiger partial charge is 0.430 e. The van der Waals surface area contributed by atoms with Crippen molar-refractivity contribution < 1.29 is 46.7 Å². The number of carbonyl (C=O) groups is 3. The highest BCUT2D eigenvalue weighted by molar-refractivity contribution is 7.08. The number of furan rings is 1. The molecule has 0 aliphatic heterocycles. The Bertz CT molecular complexity index is 982. The predicted molar refractivity (Wildman–Crippen MR) is 106 cm³/mol. The number of alkyl halides is 3. The summed E-state index contributed by atoms with van der Waals surface area (Å²) in [5.74, 6) is 1.90. The second-order valence-corrected chi connectivity index (χ2v) is 8.23. The van der Waals surface area contributed by atoms with Crippen molar-refractivity contribution in [1.29, 1.82) is 0 Å². The van der Waals surface area contributed by atoms with Crippen LogP contribution in [-0.4, -0.2) is 67.3 Å². The number of halogens is 3. The molecule has 2 heterocycles. The minimum absolute atomic E-state index is 0.117. The van der Waals surface area contributed by atoms with Gasteiger partial charge in [0, 0.05) is 10.9 Å². The van der Waals surface area contributed by atoms with Crippen molar-refractivity contribution in [2.75, 3.05) is 27.7 Å². The standard InChI is InChI=1S/C18H20N2O4S.C2HF3O2/c1-20(2,3)11-14(10-17(21)22)19-18(23)16-7-6-15(24-16)5-4-13-8-9-25-12-13;3-2(4,5)1(6)7/h6-9,12,14H,10-11H2,1-3H3,(H-,19,21,22,23);(H,6,7)/t14-;/m1./s1. The van der Waals surface area contributed by atoms with Gasteiger partial charge in [-0.25, -0.2) is 0 Å². The van der Waals surface area contributed by atoms with E-state index < -0.39 is 30.1 Å². The summed E-state index contributed by atoms with van der Waals surface area (Å²) in [6.07, 6.45) is -5.34. The number of thiophene rings is 1. The SMILES string of the molecule is C[N+](C)(C)C[C@@H](CC(=O)O)NC(=O)c1ccc(C#Cc2ccsc2)o1.O=C([O-])C(F)(F)F. The van der Waals surface area contributed by atoms with Gasteiger partial charge < -0.3 is 29.2 Å². The van der Waals surface area contributed by atoms with Gasteiger partial charge in [0.2, 0.25) is 0 Å². The van der Waals surface area contributed by atoms with Crippen molar-refractivity contribution in [2.24, 2.45) is 0 Å². The van der Waals surface area contributed by atoms with Crippen LogP contribution in [0.3, 0.4) is 0 Å². The van der Waals surface area contributed by atoms with E-state index in [-0.39, 0.29) is 12.2 Å². The van der Waals surface area contributed by atoms with Crippen LogP contribution >= 0.6 is 11.3 Å². The van der Waals surface area contributed by atoms with E-state index in [2.05, 4.69) is 17.2 Å². The molecule has 2 aromatic heterocycles. The molecule has 174 valence electrons. The maximum Gasteiger partial charge on any atom is 0.430 e. The first-order chi connectivity index (χ1) is 14.7.